The van der Waals surface area contributed by atoms with E-state index in [-0.39, 0.29) is 0 Å². The molecule has 0 spiro atoms. The predicted octanol–water partition coefficient (Wildman–Crippen LogP) is 20.1. The fraction of sp³-hybridized carbons (Fsp3) is 0.364. The number of fused-ring (bicyclic) bond motifs is 9. The van der Waals surface area contributed by atoms with Crippen LogP contribution in [0.15, 0.2) is 146 Å². The minimum Gasteiger partial charge on any atom is -0.340 e. The van der Waals surface area contributed by atoms with E-state index in [1.54, 1.807) is 0 Å². The molecule has 0 bridgehead atoms. The maximum Gasteiger partial charge on any atom is 0.0491 e. The largest absolute Gasteiger partial charge is 0.340 e. The highest BCUT2D eigenvalue weighted by Gasteiger charge is 2.17. The first kappa shape index (κ1) is 46.7. The van der Waals surface area contributed by atoms with Gasteiger partial charge in [-0.1, -0.05) is 190 Å². The standard InChI is InChI=1S/C66H75N3/c1-4-7-10-13-16-25-40-67-61-31-22-19-28-55(61)58-46-49(34-37-64(58)67)52-43-53(50-35-38-65-59(47-50)56-29-20-23-32-62(56)68(65)41-26-17-14-11-8-5-2)45-54(44-52)51-36-39-66-60(48-51)57-30-21-24-33-63(57)69(66)42-27-18-15-12-9-6-3/h19-24,28-39,43-48H,4-18,25-27,40-42H2,1-3H3. The lowest BCUT2D eigenvalue weighted by Crippen LogP contribution is -1.98. The number of nitrogens with zero attached hydrogens (tertiary/aromatic N) is 3. The third-order valence-corrected chi connectivity index (χ3v) is 15.5. The molecule has 3 nitrogen and oxygen atoms in total. The zero-order valence-corrected chi connectivity index (χ0v) is 42.0. The molecule has 3 heteroatoms. The molecule has 0 aliphatic carbocycles. The van der Waals surface area contributed by atoms with Gasteiger partial charge < -0.3 is 13.7 Å². The van der Waals surface area contributed by atoms with Crippen molar-refractivity contribution in [2.75, 3.05) is 0 Å². The molecule has 69 heavy (non-hydrogen) atoms. The average Bonchev–Trinajstić information content (AvgIpc) is 4.01. The molecule has 0 atom stereocenters. The molecular formula is C66H75N3. The molecule has 0 N–H and O–H groups in total. The van der Waals surface area contributed by atoms with Crippen molar-refractivity contribution in [2.24, 2.45) is 0 Å². The Kier molecular flexibility index (Phi) is 15.0. The van der Waals surface area contributed by atoms with Gasteiger partial charge in [0, 0.05) is 85.1 Å². The van der Waals surface area contributed by atoms with Crippen molar-refractivity contribution in [3.63, 3.8) is 0 Å². The number of para-hydroxylation sites is 3. The van der Waals surface area contributed by atoms with E-state index in [0.717, 1.165) is 19.6 Å². The Morgan fingerprint density at radius 2 is 0.493 bits per heavy atom. The van der Waals surface area contributed by atoms with Gasteiger partial charge in [-0.15, -0.1) is 0 Å². The summed E-state index contributed by atoms with van der Waals surface area (Å²) >= 11 is 0. The number of aryl methyl sites for hydroxylation is 3. The second-order valence-corrected chi connectivity index (χ2v) is 20.3. The fourth-order valence-corrected chi connectivity index (χ4v) is 11.7. The van der Waals surface area contributed by atoms with Crippen molar-refractivity contribution in [1.82, 2.24) is 13.7 Å². The molecule has 0 radical (unpaired) electrons. The Morgan fingerprint density at radius 1 is 0.232 bits per heavy atom. The van der Waals surface area contributed by atoms with Crippen LogP contribution in [0.5, 0.6) is 0 Å². The van der Waals surface area contributed by atoms with Crippen molar-refractivity contribution in [2.45, 2.75) is 156 Å². The third-order valence-electron chi connectivity index (χ3n) is 15.5. The Hall–Kier alpha value is -6.06. The zero-order chi connectivity index (χ0) is 46.9. The van der Waals surface area contributed by atoms with Gasteiger partial charge in [-0.25, -0.2) is 0 Å². The first-order valence-corrected chi connectivity index (χ1v) is 27.3. The molecule has 10 rings (SSSR count). The molecule has 0 fully saturated rings. The molecule has 0 unspecified atom stereocenters. The molecular weight excluding hydrogens is 835 g/mol. The van der Waals surface area contributed by atoms with E-state index < -0.39 is 0 Å². The summed E-state index contributed by atoms with van der Waals surface area (Å²) in [5.41, 5.74) is 15.6. The highest BCUT2D eigenvalue weighted by atomic mass is 15.0. The van der Waals surface area contributed by atoms with E-state index in [0.29, 0.717) is 0 Å². The predicted molar refractivity (Wildman–Crippen MR) is 302 cm³/mol. The van der Waals surface area contributed by atoms with Crippen LogP contribution >= 0.6 is 0 Å². The lowest BCUT2D eigenvalue weighted by atomic mass is 9.92. The second-order valence-electron chi connectivity index (χ2n) is 20.3. The number of unbranched alkanes of at least 4 members (excludes halogenated alkanes) is 15. The zero-order valence-electron chi connectivity index (χ0n) is 42.0. The number of rotatable bonds is 24. The van der Waals surface area contributed by atoms with E-state index >= 15 is 0 Å². The van der Waals surface area contributed by atoms with Gasteiger partial charge in [-0.3, -0.25) is 0 Å². The van der Waals surface area contributed by atoms with Gasteiger partial charge in [-0.05, 0) is 125 Å². The molecule has 0 aliphatic heterocycles. The van der Waals surface area contributed by atoms with E-state index in [1.807, 2.05) is 0 Å². The highest BCUT2D eigenvalue weighted by Crippen LogP contribution is 2.41. The van der Waals surface area contributed by atoms with Crippen LogP contribution in [0.25, 0.3) is 98.8 Å². The van der Waals surface area contributed by atoms with Crippen LogP contribution < -0.4 is 0 Å². The van der Waals surface area contributed by atoms with Gasteiger partial charge in [0.1, 0.15) is 0 Å². The van der Waals surface area contributed by atoms with Crippen molar-refractivity contribution >= 4 is 65.4 Å². The molecule has 3 heterocycles. The quantitative estimate of drug-likeness (QED) is 0.0537. The molecule has 7 aromatic carbocycles. The number of hydrogen-bond donors (Lipinski definition) is 0. The monoisotopic (exact) mass is 910 g/mol. The summed E-state index contributed by atoms with van der Waals surface area (Å²) in [7, 11) is 0. The summed E-state index contributed by atoms with van der Waals surface area (Å²) < 4.78 is 7.77. The minimum absolute atomic E-state index is 1.06. The van der Waals surface area contributed by atoms with Gasteiger partial charge in [0.25, 0.3) is 0 Å². The molecule has 0 saturated heterocycles. The Labute approximate surface area is 412 Å². The third kappa shape index (κ3) is 9.90. The van der Waals surface area contributed by atoms with Crippen molar-refractivity contribution in [3.05, 3.63) is 146 Å². The van der Waals surface area contributed by atoms with Crippen LogP contribution in [0.4, 0.5) is 0 Å². The SMILES string of the molecule is CCCCCCCCn1c2ccccc2c2cc(-c3cc(-c4ccc5c(c4)c4ccccc4n5CCCCCCCC)cc(-c4ccc5c(c4)c4ccccc4n5CCCCCCCC)c3)ccc21. The highest BCUT2D eigenvalue weighted by molar-refractivity contribution is 6.12. The lowest BCUT2D eigenvalue weighted by molar-refractivity contribution is 0.571. The smallest absolute Gasteiger partial charge is 0.0491 e. The van der Waals surface area contributed by atoms with Crippen molar-refractivity contribution in [1.29, 1.82) is 0 Å². The molecule has 0 aliphatic rings. The summed E-state index contributed by atoms with van der Waals surface area (Å²) in [6.45, 7) is 10.1. The second kappa shape index (κ2) is 22.1. The summed E-state index contributed by atoms with van der Waals surface area (Å²) in [6.07, 6.45) is 23.5. The maximum atomic E-state index is 2.59. The topological polar surface area (TPSA) is 14.8 Å². The van der Waals surface area contributed by atoms with Crippen LogP contribution in [0.1, 0.15) is 136 Å². The Bertz CT molecular complexity index is 2950. The van der Waals surface area contributed by atoms with Gasteiger partial charge in [0.05, 0.1) is 0 Å². The van der Waals surface area contributed by atoms with Crippen LogP contribution in [-0.4, -0.2) is 13.7 Å². The summed E-state index contributed by atoms with van der Waals surface area (Å²) in [4.78, 5) is 0. The van der Waals surface area contributed by atoms with Crippen LogP contribution in [0, 0.1) is 0 Å². The van der Waals surface area contributed by atoms with Crippen LogP contribution in [0.3, 0.4) is 0 Å². The first-order chi connectivity index (χ1) is 34.1. The normalized spacial score (nSPS) is 12.0. The number of benzene rings is 7. The minimum atomic E-state index is 1.06. The van der Waals surface area contributed by atoms with Crippen LogP contribution in [0.2, 0.25) is 0 Å². The molecule has 3 aromatic heterocycles. The summed E-state index contributed by atoms with van der Waals surface area (Å²) in [6, 6.07) is 56.4. The molecule has 0 saturated carbocycles. The van der Waals surface area contributed by atoms with Gasteiger partial charge in [0.15, 0.2) is 0 Å². The summed E-state index contributed by atoms with van der Waals surface area (Å²) in [5, 5.41) is 8.09. The molecule has 0 amide bonds. The fourth-order valence-electron chi connectivity index (χ4n) is 11.7. The van der Waals surface area contributed by atoms with Gasteiger partial charge >= 0.3 is 0 Å². The number of aromatic nitrogens is 3. The number of hydrogen-bond acceptors (Lipinski definition) is 0. The average molecular weight is 910 g/mol. The van der Waals surface area contributed by atoms with E-state index in [2.05, 4.69) is 180 Å². The Balaban J connectivity index is 1.07. The van der Waals surface area contributed by atoms with E-state index in [9.17, 15) is 0 Å². The lowest BCUT2D eigenvalue weighted by Gasteiger charge is -2.13. The summed E-state index contributed by atoms with van der Waals surface area (Å²) in [5.74, 6) is 0. The van der Waals surface area contributed by atoms with E-state index in [1.165, 1.54) is 214 Å². The maximum absolute atomic E-state index is 2.59. The van der Waals surface area contributed by atoms with Gasteiger partial charge in [0.2, 0.25) is 0 Å². The van der Waals surface area contributed by atoms with Gasteiger partial charge in [-0.2, -0.15) is 0 Å². The van der Waals surface area contributed by atoms with Crippen molar-refractivity contribution in [3.8, 4) is 33.4 Å². The molecule has 10 aromatic rings. The Morgan fingerprint density at radius 3 is 0.797 bits per heavy atom. The van der Waals surface area contributed by atoms with E-state index in [4.69, 9.17) is 0 Å². The first-order valence-electron chi connectivity index (χ1n) is 27.3. The van der Waals surface area contributed by atoms with Crippen molar-refractivity contribution < 1.29 is 0 Å². The molecule has 354 valence electrons. The van der Waals surface area contributed by atoms with Crippen LogP contribution in [-0.2, 0) is 19.6 Å².